The molecule has 0 amide bonds. The zero-order valence-electron chi connectivity index (χ0n) is 10.7. The molecule has 1 aromatic carbocycles. The molecule has 2 aromatic rings. The molecule has 4 nitrogen and oxygen atoms in total. The van der Waals surface area contributed by atoms with E-state index >= 15 is 0 Å². The molecule has 2 rings (SSSR count). The van der Waals surface area contributed by atoms with Crippen LogP contribution in [0.3, 0.4) is 0 Å². The summed E-state index contributed by atoms with van der Waals surface area (Å²) in [6.45, 7) is 0. The van der Waals surface area contributed by atoms with Crippen LogP contribution in [-0.4, -0.2) is 20.5 Å². The fourth-order valence-corrected chi connectivity index (χ4v) is 2.73. The molecule has 0 aliphatic heterocycles. The Labute approximate surface area is 122 Å². The van der Waals surface area contributed by atoms with Crippen molar-refractivity contribution in [3.05, 3.63) is 58.7 Å². The van der Waals surface area contributed by atoms with Crippen molar-refractivity contribution in [2.45, 2.75) is 4.90 Å². The molecule has 0 fully saturated rings. The maximum atomic E-state index is 12.2. The van der Waals surface area contributed by atoms with Crippen LogP contribution in [0, 0.1) is 0 Å². The van der Waals surface area contributed by atoms with Gasteiger partial charge in [-0.05, 0) is 36.4 Å². The van der Waals surface area contributed by atoms with Crippen molar-refractivity contribution in [2.75, 3.05) is 7.11 Å². The van der Waals surface area contributed by atoms with E-state index in [0.717, 1.165) is 5.41 Å². The molecule has 0 bridgehead atoms. The third kappa shape index (κ3) is 3.37. The van der Waals surface area contributed by atoms with Gasteiger partial charge >= 0.3 is 0 Å². The maximum Gasteiger partial charge on any atom is 0.200 e. The summed E-state index contributed by atoms with van der Waals surface area (Å²) >= 11 is 5.92. The number of methoxy groups -OCH3 is 1. The van der Waals surface area contributed by atoms with Gasteiger partial charge in [-0.1, -0.05) is 17.7 Å². The van der Waals surface area contributed by atoms with Gasteiger partial charge < -0.3 is 4.74 Å². The zero-order valence-corrected chi connectivity index (χ0v) is 12.2. The molecule has 0 radical (unpaired) electrons. The van der Waals surface area contributed by atoms with Crippen molar-refractivity contribution < 1.29 is 13.2 Å². The van der Waals surface area contributed by atoms with Gasteiger partial charge in [0.05, 0.1) is 22.7 Å². The van der Waals surface area contributed by atoms with E-state index in [1.165, 1.54) is 25.3 Å². The molecular formula is C14H12ClNO3S. The third-order valence-electron chi connectivity index (χ3n) is 2.56. The van der Waals surface area contributed by atoms with Crippen LogP contribution in [0.2, 0.25) is 5.02 Å². The topological polar surface area (TPSA) is 56.3 Å². The van der Waals surface area contributed by atoms with Crippen molar-refractivity contribution in [2.24, 2.45) is 0 Å². The highest BCUT2D eigenvalue weighted by molar-refractivity contribution is 7.94. The molecule has 0 atom stereocenters. The van der Waals surface area contributed by atoms with E-state index < -0.39 is 9.84 Å². The van der Waals surface area contributed by atoms with Crippen LogP contribution in [0.1, 0.15) is 5.69 Å². The van der Waals surface area contributed by atoms with Gasteiger partial charge in [0.25, 0.3) is 0 Å². The van der Waals surface area contributed by atoms with Crippen molar-refractivity contribution in [3.63, 3.8) is 0 Å². The number of ether oxygens (including phenoxy) is 1. The average molecular weight is 310 g/mol. The minimum absolute atomic E-state index is 0.153. The van der Waals surface area contributed by atoms with Crippen LogP contribution >= 0.6 is 11.6 Å². The Bertz CT molecular complexity index is 742. The van der Waals surface area contributed by atoms with Crippen LogP contribution < -0.4 is 4.74 Å². The number of benzene rings is 1. The van der Waals surface area contributed by atoms with E-state index in [1.807, 2.05) is 0 Å². The summed E-state index contributed by atoms with van der Waals surface area (Å²) in [7, 11) is -2.09. The van der Waals surface area contributed by atoms with E-state index in [1.54, 1.807) is 30.5 Å². The number of nitrogens with zero attached hydrogens (tertiary/aromatic N) is 1. The highest BCUT2D eigenvalue weighted by Gasteiger charge is 2.11. The number of hydrogen-bond donors (Lipinski definition) is 0. The van der Waals surface area contributed by atoms with Gasteiger partial charge in [0.2, 0.25) is 0 Å². The summed E-state index contributed by atoms with van der Waals surface area (Å²) in [5.41, 5.74) is 0.403. The van der Waals surface area contributed by atoms with Crippen LogP contribution in [0.4, 0.5) is 0 Å². The first-order chi connectivity index (χ1) is 9.53. The quantitative estimate of drug-likeness (QED) is 0.870. The van der Waals surface area contributed by atoms with Crippen LogP contribution in [0.5, 0.6) is 5.75 Å². The Morgan fingerprint density at radius 2 is 2.05 bits per heavy atom. The van der Waals surface area contributed by atoms with Crippen LogP contribution in [-0.2, 0) is 9.84 Å². The van der Waals surface area contributed by atoms with Gasteiger partial charge in [-0.15, -0.1) is 0 Å². The molecule has 0 spiro atoms. The lowest BCUT2D eigenvalue weighted by molar-refractivity contribution is 0.413. The van der Waals surface area contributed by atoms with E-state index in [2.05, 4.69) is 4.98 Å². The molecule has 1 heterocycles. The van der Waals surface area contributed by atoms with Crippen molar-refractivity contribution >= 4 is 27.5 Å². The first-order valence-electron chi connectivity index (χ1n) is 5.71. The summed E-state index contributed by atoms with van der Waals surface area (Å²) in [6.07, 6.45) is 2.92. The minimum atomic E-state index is -3.57. The summed E-state index contributed by atoms with van der Waals surface area (Å²) in [4.78, 5) is 4.15. The standard InChI is InChI=1S/C14H12ClNO3S/c1-19-11-4-2-5-12(10-11)20(17,18)9-7-14-13(15)6-3-8-16-14/h2-10H,1H3/b9-7+. The molecule has 0 aliphatic carbocycles. The van der Waals surface area contributed by atoms with Gasteiger partial charge in [0.1, 0.15) is 5.75 Å². The lowest BCUT2D eigenvalue weighted by Gasteiger charge is -2.03. The fourth-order valence-electron chi connectivity index (χ4n) is 1.53. The largest absolute Gasteiger partial charge is 0.497 e. The molecule has 0 aliphatic rings. The van der Waals surface area contributed by atoms with E-state index in [0.29, 0.717) is 16.5 Å². The highest BCUT2D eigenvalue weighted by atomic mass is 35.5. The van der Waals surface area contributed by atoms with Crippen molar-refractivity contribution in [1.82, 2.24) is 4.98 Å². The number of aromatic nitrogens is 1. The van der Waals surface area contributed by atoms with E-state index in [9.17, 15) is 8.42 Å². The van der Waals surface area contributed by atoms with Crippen molar-refractivity contribution in [1.29, 1.82) is 0 Å². The molecule has 104 valence electrons. The summed E-state index contributed by atoms with van der Waals surface area (Å²) in [5, 5.41) is 1.47. The maximum absolute atomic E-state index is 12.2. The Balaban J connectivity index is 2.34. The number of rotatable bonds is 4. The van der Waals surface area contributed by atoms with Gasteiger partial charge in [-0.3, -0.25) is 4.98 Å². The predicted octanol–water partition coefficient (Wildman–Crippen LogP) is 3.19. The Hall–Kier alpha value is -1.85. The predicted molar refractivity (Wildman–Crippen MR) is 78.5 cm³/mol. The second kappa shape index (κ2) is 6.07. The fraction of sp³-hybridized carbons (Fsp3) is 0.0714. The second-order valence-corrected chi connectivity index (χ2v) is 6.14. The number of halogens is 1. The van der Waals surface area contributed by atoms with Gasteiger partial charge in [-0.25, -0.2) is 8.42 Å². The van der Waals surface area contributed by atoms with Crippen LogP contribution in [0.25, 0.3) is 6.08 Å². The first-order valence-corrected chi connectivity index (χ1v) is 7.63. The summed E-state index contributed by atoms with van der Waals surface area (Å²) in [6, 6.07) is 9.58. The molecule has 0 saturated carbocycles. The summed E-state index contributed by atoms with van der Waals surface area (Å²) in [5.74, 6) is 0.482. The molecule has 0 saturated heterocycles. The minimum Gasteiger partial charge on any atom is -0.497 e. The molecule has 1 aromatic heterocycles. The first kappa shape index (κ1) is 14.6. The Morgan fingerprint density at radius 1 is 1.25 bits per heavy atom. The lowest BCUT2D eigenvalue weighted by atomic mass is 10.3. The van der Waals surface area contributed by atoms with Gasteiger partial charge in [0, 0.05) is 11.6 Å². The number of pyridine rings is 1. The summed E-state index contributed by atoms with van der Waals surface area (Å²) < 4.78 is 29.4. The lowest BCUT2D eigenvalue weighted by Crippen LogP contribution is -1.97. The molecule has 0 N–H and O–H groups in total. The number of sulfone groups is 1. The molecule has 0 unspecified atom stereocenters. The number of hydrogen-bond acceptors (Lipinski definition) is 4. The van der Waals surface area contributed by atoms with E-state index in [4.69, 9.17) is 16.3 Å². The molecule has 20 heavy (non-hydrogen) atoms. The zero-order chi connectivity index (χ0) is 14.6. The molecule has 6 heteroatoms. The SMILES string of the molecule is COc1cccc(S(=O)(=O)/C=C/c2ncccc2Cl)c1. The van der Waals surface area contributed by atoms with Crippen LogP contribution in [0.15, 0.2) is 52.9 Å². The van der Waals surface area contributed by atoms with Gasteiger partial charge in [0.15, 0.2) is 9.84 Å². The highest BCUT2D eigenvalue weighted by Crippen LogP contribution is 2.20. The monoisotopic (exact) mass is 309 g/mol. The smallest absolute Gasteiger partial charge is 0.200 e. The third-order valence-corrected chi connectivity index (χ3v) is 4.29. The van der Waals surface area contributed by atoms with Gasteiger partial charge in [-0.2, -0.15) is 0 Å². The average Bonchev–Trinajstić information content (AvgIpc) is 2.46. The molecular weight excluding hydrogens is 298 g/mol. The van der Waals surface area contributed by atoms with E-state index in [-0.39, 0.29) is 4.90 Å². The second-order valence-electron chi connectivity index (χ2n) is 3.90. The normalized spacial score (nSPS) is 11.7. The Morgan fingerprint density at radius 3 is 2.75 bits per heavy atom. The van der Waals surface area contributed by atoms with Crippen molar-refractivity contribution in [3.8, 4) is 5.75 Å². The Kier molecular flexibility index (Phi) is 4.42.